The van der Waals surface area contributed by atoms with Crippen LogP contribution in [0.25, 0.3) is 0 Å². The van der Waals surface area contributed by atoms with Crippen LogP contribution in [-0.4, -0.2) is 21.5 Å². The van der Waals surface area contributed by atoms with Crippen LogP contribution in [0.3, 0.4) is 0 Å². The SMILES string of the molecule is COC(=O)[C@H](NS(=O)(=O)c1ccc(Cl)cc1F)c1ccccc1. The lowest BCUT2D eigenvalue weighted by atomic mass is 10.1. The van der Waals surface area contributed by atoms with E-state index in [1.165, 1.54) is 6.07 Å². The monoisotopic (exact) mass is 357 g/mol. The van der Waals surface area contributed by atoms with Crippen LogP contribution in [0.4, 0.5) is 4.39 Å². The van der Waals surface area contributed by atoms with Crippen molar-refractivity contribution in [1.29, 1.82) is 0 Å². The van der Waals surface area contributed by atoms with E-state index in [2.05, 4.69) is 9.46 Å². The molecule has 0 unspecified atom stereocenters. The molecule has 0 aliphatic heterocycles. The standard InChI is InChI=1S/C15H13ClFNO4S/c1-22-15(19)14(10-5-3-2-4-6-10)18-23(20,21)13-8-7-11(16)9-12(13)17/h2-9,14,18H,1H3/t14-/m1/s1. The third-order valence-corrected chi connectivity index (χ3v) is 4.72. The van der Waals surface area contributed by atoms with Crippen molar-refractivity contribution in [2.24, 2.45) is 0 Å². The Morgan fingerprint density at radius 3 is 2.43 bits per heavy atom. The van der Waals surface area contributed by atoms with Crippen LogP contribution in [0.5, 0.6) is 0 Å². The van der Waals surface area contributed by atoms with Crippen molar-refractivity contribution < 1.29 is 22.3 Å². The van der Waals surface area contributed by atoms with Crippen molar-refractivity contribution in [3.8, 4) is 0 Å². The Hall–Kier alpha value is -1.96. The summed E-state index contributed by atoms with van der Waals surface area (Å²) in [4.78, 5) is 11.3. The molecule has 0 bridgehead atoms. The Labute approximate surface area is 138 Å². The van der Waals surface area contributed by atoms with E-state index in [-0.39, 0.29) is 5.02 Å². The third-order valence-electron chi connectivity index (χ3n) is 3.03. The second-order valence-electron chi connectivity index (χ2n) is 4.56. The van der Waals surface area contributed by atoms with Crippen molar-refractivity contribution in [2.75, 3.05) is 7.11 Å². The molecule has 1 atom stereocenters. The summed E-state index contributed by atoms with van der Waals surface area (Å²) in [5, 5.41) is 0.0639. The maximum absolute atomic E-state index is 13.9. The molecular formula is C15H13ClFNO4S. The summed E-state index contributed by atoms with van der Waals surface area (Å²) in [7, 11) is -3.16. The number of methoxy groups -OCH3 is 1. The van der Waals surface area contributed by atoms with E-state index >= 15 is 0 Å². The topological polar surface area (TPSA) is 72.5 Å². The summed E-state index contributed by atoms with van der Waals surface area (Å²) in [6.45, 7) is 0. The molecule has 2 aromatic carbocycles. The maximum atomic E-state index is 13.9. The second kappa shape index (κ2) is 7.08. The van der Waals surface area contributed by atoms with Gasteiger partial charge in [-0.1, -0.05) is 41.9 Å². The summed E-state index contributed by atoms with van der Waals surface area (Å²) in [5.74, 6) is -1.82. The molecule has 2 aromatic rings. The van der Waals surface area contributed by atoms with Crippen LogP contribution in [-0.2, 0) is 19.6 Å². The minimum absolute atomic E-state index is 0.0639. The average molecular weight is 358 g/mol. The fourth-order valence-electron chi connectivity index (χ4n) is 1.93. The predicted molar refractivity (Wildman–Crippen MR) is 82.9 cm³/mol. The smallest absolute Gasteiger partial charge is 0.328 e. The van der Waals surface area contributed by atoms with Gasteiger partial charge in [0.25, 0.3) is 0 Å². The Morgan fingerprint density at radius 2 is 1.87 bits per heavy atom. The summed E-state index contributed by atoms with van der Waals surface area (Å²) in [5.41, 5.74) is 0.372. The predicted octanol–water partition coefficient (Wildman–Crippen LogP) is 2.67. The molecule has 5 nitrogen and oxygen atoms in total. The zero-order valence-corrected chi connectivity index (χ0v) is 13.6. The van der Waals surface area contributed by atoms with Gasteiger partial charge in [-0.3, -0.25) is 0 Å². The van der Waals surface area contributed by atoms with Crippen LogP contribution in [0.15, 0.2) is 53.4 Å². The molecule has 2 rings (SSSR count). The number of halogens is 2. The highest BCUT2D eigenvalue weighted by atomic mass is 35.5. The first kappa shape index (κ1) is 17.4. The number of rotatable bonds is 5. The molecule has 0 amide bonds. The first-order valence-corrected chi connectivity index (χ1v) is 8.31. The number of esters is 1. The zero-order chi connectivity index (χ0) is 17.0. The molecule has 1 N–H and O–H groups in total. The molecule has 122 valence electrons. The van der Waals surface area contributed by atoms with Crippen LogP contribution in [0.1, 0.15) is 11.6 Å². The highest BCUT2D eigenvalue weighted by Crippen LogP contribution is 2.22. The molecule has 0 spiro atoms. The first-order chi connectivity index (χ1) is 10.8. The number of carbonyl (C=O) groups is 1. The highest BCUT2D eigenvalue weighted by Gasteiger charge is 2.29. The van der Waals surface area contributed by atoms with E-state index < -0.39 is 32.7 Å². The molecule has 23 heavy (non-hydrogen) atoms. The van der Waals surface area contributed by atoms with Crippen molar-refractivity contribution in [1.82, 2.24) is 4.72 Å². The van der Waals surface area contributed by atoms with Crippen molar-refractivity contribution in [3.63, 3.8) is 0 Å². The zero-order valence-electron chi connectivity index (χ0n) is 12.0. The highest BCUT2D eigenvalue weighted by molar-refractivity contribution is 7.89. The quantitative estimate of drug-likeness (QED) is 0.835. The third kappa shape index (κ3) is 4.07. The van der Waals surface area contributed by atoms with E-state index in [1.54, 1.807) is 30.3 Å². The molecule has 0 aliphatic carbocycles. The molecular weight excluding hydrogens is 345 g/mol. The van der Waals surface area contributed by atoms with Crippen LogP contribution in [0, 0.1) is 5.82 Å². The number of hydrogen-bond acceptors (Lipinski definition) is 4. The molecule has 0 radical (unpaired) electrons. The van der Waals surface area contributed by atoms with Gasteiger partial charge in [-0.25, -0.2) is 17.6 Å². The molecule has 0 aliphatic rings. The molecule has 0 saturated heterocycles. The molecule has 8 heteroatoms. The fourth-order valence-corrected chi connectivity index (χ4v) is 3.32. The largest absolute Gasteiger partial charge is 0.468 e. The number of benzene rings is 2. The lowest BCUT2D eigenvalue weighted by molar-refractivity contribution is -0.142. The van der Waals surface area contributed by atoms with Gasteiger partial charge >= 0.3 is 5.97 Å². The molecule has 0 heterocycles. The Kier molecular flexibility index (Phi) is 5.35. The fraction of sp³-hybridized carbons (Fsp3) is 0.133. The van der Waals surface area contributed by atoms with Crippen LogP contribution >= 0.6 is 11.6 Å². The summed E-state index contributed by atoms with van der Waals surface area (Å²) in [6, 6.07) is 9.97. The van der Waals surface area contributed by atoms with Gasteiger partial charge in [-0.2, -0.15) is 4.72 Å². The van der Waals surface area contributed by atoms with Gasteiger partial charge in [-0.15, -0.1) is 0 Å². The van der Waals surface area contributed by atoms with Gasteiger partial charge in [0.2, 0.25) is 10.0 Å². The Bertz CT molecular complexity index is 811. The van der Waals surface area contributed by atoms with E-state index in [4.69, 9.17) is 11.6 Å². The summed E-state index contributed by atoms with van der Waals surface area (Å²) >= 11 is 5.61. The van der Waals surface area contributed by atoms with Crippen LogP contribution < -0.4 is 4.72 Å². The van der Waals surface area contributed by atoms with Gasteiger partial charge in [0.15, 0.2) is 0 Å². The van der Waals surface area contributed by atoms with Gasteiger partial charge < -0.3 is 4.74 Å². The van der Waals surface area contributed by atoms with E-state index in [1.807, 2.05) is 0 Å². The normalized spacial score (nSPS) is 12.7. The van der Waals surface area contributed by atoms with E-state index in [0.717, 1.165) is 19.2 Å². The molecule has 0 fully saturated rings. The molecule has 0 saturated carbocycles. The lowest BCUT2D eigenvalue weighted by Crippen LogP contribution is -2.35. The van der Waals surface area contributed by atoms with Gasteiger partial charge in [0.05, 0.1) is 7.11 Å². The van der Waals surface area contributed by atoms with Gasteiger partial charge in [-0.05, 0) is 23.8 Å². The first-order valence-electron chi connectivity index (χ1n) is 6.45. The van der Waals surface area contributed by atoms with E-state index in [9.17, 15) is 17.6 Å². The minimum Gasteiger partial charge on any atom is -0.468 e. The lowest BCUT2D eigenvalue weighted by Gasteiger charge is -2.17. The van der Waals surface area contributed by atoms with Crippen molar-refractivity contribution in [2.45, 2.75) is 10.9 Å². The van der Waals surface area contributed by atoms with Crippen LogP contribution in [0.2, 0.25) is 5.02 Å². The second-order valence-corrected chi connectivity index (χ2v) is 6.68. The number of carbonyl (C=O) groups excluding carboxylic acids is 1. The Morgan fingerprint density at radius 1 is 1.22 bits per heavy atom. The summed E-state index contributed by atoms with van der Waals surface area (Å²) < 4.78 is 45.4. The number of hydrogen-bond donors (Lipinski definition) is 1. The molecule has 0 aromatic heterocycles. The van der Waals surface area contributed by atoms with Crippen molar-refractivity contribution >= 4 is 27.6 Å². The van der Waals surface area contributed by atoms with Gasteiger partial charge in [0, 0.05) is 5.02 Å². The van der Waals surface area contributed by atoms with Crippen molar-refractivity contribution in [3.05, 3.63) is 64.9 Å². The summed E-state index contributed by atoms with van der Waals surface area (Å²) in [6.07, 6.45) is 0. The van der Waals surface area contributed by atoms with Gasteiger partial charge in [0.1, 0.15) is 16.8 Å². The average Bonchev–Trinajstić information content (AvgIpc) is 2.52. The number of ether oxygens (including phenoxy) is 1. The number of sulfonamides is 1. The number of nitrogens with one attached hydrogen (secondary N) is 1. The minimum atomic E-state index is -4.29. The maximum Gasteiger partial charge on any atom is 0.328 e. The Balaban J connectivity index is 2.40. The van der Waals surface area contributed by atoms with E-state index in [0.29, 0.717) is 5.56 Å².